The van der Waals surface area contributed by atoms with E-state index in [-0.39, 0.29) is 28.7 Å². The van der Waals surface area contributed by atoms with Gasteiger partial charge in [-0.25, -0.2) is 13.1 Å². The van der Waals surface area contributed by atoms with E-state index >= 15 is 0 Å². The van der Waals surface area contributed by atoms with Gasteiger partial charge in [0.1, 0.15) is 10.6 Å². The van der Waals surface area contributed by atoms with Crippen LogP contribution in [0, 0.1) is 0 Å². The summed E-state index contributed by atoms with van der Waals surface area (Å²) in [7, 11) is -2.50. The van der Waals surface area contributed by atoms with Crippen LogP contribution in [0.5, 0.6) is 5.75 Å². The molecule has 2 aromatic rings. The summed E-state index contributed by atoms with van der Waals surface area (Å²) in [5.41, 5.74) is 1.03. The van der Waals surface area contributed by atoms with E-state index in [0.29, 0.717) is 11.6 Å². The predicted molar refractivity (Wildman–Crippen MR) is 110 cm³/mol. The fraction of sp³-hybridized carbons (Fsp3) is 0.350. The molecular formula is C20H25ClN2O4S. The highest BCUT2D eigenvalue weighted by atomic mass is 35.5. The van der Waals surface area contributed by atoms with Crippen LogP contribution in [0.4, 0.5) is 0 Å². The molecule has 2 aromatic carbocycles. The van der Waals surface area contributed by atoms with Gasteiger partial charge in [-0.2, -0.15) is 0 Å². The van der Waals surface area contributed by atoms with Crippen LogP contribution in [-0.4, -0.2) is 28.0 Å². The molecule has 0 unspecified atom stereocenters. The lowest BCUT2D eigenvalue weighted by Crippen LogP contribution is -2.26. The Kier molecular flexibility index (Phi) is 8.29. The van der Waals surface area contributed by atoms with Crippen molar-refractivity contribution in [2.24, 2.45) is 0 Å². The minimum Gasteiger partial charge on any atom is -0.495 e. The summed E-state index contributed by atoms with van der Waals surface area (Å²) in [6.07, 6.45) is 2.96. The number of amides is 1. The summed E-state index contributed by atoms with van der Waals surface area (Å²) >= 11 is 5.84. The number of carbonyl (C=O) groups is 1. The fourth-order valence-corrected chi connectivity index (χ4v) is 3.90. The maximum atomic E-state index is 12.8. The fourth-order valence-electron chi connectivity index (χ4n) is 2.57. The quantitative estimate of drug-likeness (QED) is 0.569. The third kappa shape index (κ3) is 6.22. The average molecular weight is 425 g/mol. The first-order chi connectivity index (χ1) is 13.4. The maximum absolute atomic E-state index is 12.8. The van der Waals surface area contributed by atoms with Gasteiger partial charge in [0.05, 0.1) is 7.11 Å². The summed E-state index contributed by atoms with van der Waals surface area (Å²) < 4.78 is 33.3. The largest absolute Gasteiger partial charge is 0.495 e. The second-order valence-corrected chi connectivity index (χ2v) is 8.45. The molecule has 0 spiro atoms. The number of sulfonamides is 1. The Morgan fingerprint density at radius 3 is 2.46 bits per heavy atom. The van der Waals surface area contributed by atoms with Gasteiger partial charge in [-0.15, -0.1) is 0 Å². The number of hydrogen-bond acceptors (Lipinski definition) is 4. The minimum atomic E-state index is -3.88. The van der Waals surface area contributed by atoms with E-state index in [0.717, 1.165) is 24.8 Å². The third-order valence-corrected chi connectivity index (χ3v) is 5.84. The van der Waals surface area contributed by atoms with Gasteiger partial charge in [-0.05, 0) is 42.3 Å². The number of carbonyl (C=O) groups excluding carboxylic acids is 1. The van der Waals surface area contributed by atoms with Crippen LogP contribution in [0.15, 0.2) is 47.4 Å². The number of unbranched alkanes of at least 4 members (excludes halogenated alkanes) is 2. The van der Waals surface area contributed by atoms with E-state index in [1.165, 1.54) is 19.2 Å². The minimum absolute atomic E-state index is 0.0785. The number of halogens is 1. The van der Waals surface area contributed by atoms with Crippen LogP contribution >= 0.6 is 11.6 Å². The van der Waals surface area contributed by atoms with Crippen molar-refractivity contribution < 1.29 is 17.9 Å². The lowest BCUT2D eigenvalue weighted by molar-refractivity contribution is 0.0952. The normalized spacial score (nSPS) is 11.2. The van der Waals surface area contributed by atoms with E-state index in [9.17, 15) is 13.2 Å². The van der Waals surface area contributed by atoms with Crippen molar-refractivity contribution in [3.8, 4) is 5.75 Å². The smallest absolute Gasteiger partial charge is 0.251 e. The highest BCUT2D eigenvalue weighted by molar-refractivity contribution is 7.89. The average Bonchev–Trinajstić information content (AvgIpc) is 2.70. The third-order valence-electron chi connectivity index (χ3n) is 4.16. The van der Waals surface area contributed by atoms with Gasteiger partial charge in [0.25, 0.3) is 5.91 Å². The number of methoxy groups -OCH3 is 1. The lowest BCUT2D eigenvalue weighted by Gasteiger charge is -2.13. The molecule has 2 rings (SSSR count). The number of hydrogen-bond donors (Lipinski definition) is 2. The van der Waals surface area contributed by atoms with Crippen LogP contribution in [0.3, 0.4) is 0 Å². The zero-order valence-electron chi connectivity index (χ0n) is 16.0. The first-order valence-corrected chi connectivity index (χ1v) is 10.9. The molecule has 2 N–H and O–H groups in total. The molecule has 8 heteroatoms. The lowest BCUT2D eigenvalue weighted by atomic mass is 10.2. The van der Waals surface area contributed by atoms with Gasteiger partial charge in [-0.1, -0.05) is 43.5 Å². The Morgan fingerprint density at radius 2 is 1.82 bits per heavy atom. The van der Waals surface area contributed by atoms with Gasteiger partial charge < -0.3 is 10.1 Å². The molecule has 0 atom stereocenters. The zero-order valence-corrected chi connectivity index (χ0v) is 17.6. The van der Waals surface area contributed by atoms with Crippen molar-refractivity contribution in [1.82, 2.24) is 10.0 Å². The molecule has 0 bridgehead atoms. The molecule has 28 heavy (non-hydrogen) atoms. The summed E-state index contributed by atoms with van der Waals surface area (Å²) in [6, 6.07) is 11.2. The van der Waals surface area contributed by atoms with Gasteiger partial charge in [0, 0.05) is 23.7 Å². The van der Waals surface area contributed by atoms with Gasteiger partial charge in [0.2, 0.25) is 10.0 Å². The van der Waals surface area contributed by atoms with E-state index < -0.39 is 10.0 Å². The highest BCUT2D eigenvalue weighted by Gasteiger charge is 2.21. The maximum Gasteiger partial charge on any atom is 0.251 e. The molecule has 0 fully saturated rings. The summed E-state index contributed by atoms with van der Waals surface area (Å²) in [5, 5.41) is 3.38. The molecule has 6 nitrogen and oxygen atoms in total. The molecule has 0 heterocycles. The highest BCUT2D eigenvalue weighted by Crippen LogP contribution is 2.25. The Labute approximate surface area is 171 Å². The molecule has 0 aliphatic heterocycles. The van der Waals surface area contributed by atoms with E-state index in [4.69, 9.17) is 16.3 Å². The van der Waals surface area contributed by atoms with Gasteiger partial charge in [0.15, 0.2) is 0 Å². The standard InChI is InChI=1S/C20H25ClN2O4S/c1-3-4-5-12-22-20(24)16-8-11-18(27-2)19(13-16)28(25,26)23-14-15-6-9-17(21)10-7-15/h6-11,13,23H,3-5,12,14H2,1-2H3,(H,22,24). The predicted octanol–water partition coefficient (Wildman–Crippen LogP) is 3.75. The van der Waals surface area contributed by atoms with E-state index in [1.807, 2.05) is 0 Å². The second-order valence-electron chi connectivity index (χ2n) is 6.28. The van der Waals surface area contributed by atoms with Crippen molar-refractivity contribution in [2.75, 3.05) is 13.7 Å². The van der Waals surface area contributed by atoms with Crippen molar-refractivity contribution in [1.29, 1.82) is 0 Å². The Balaban J connectivity index is 2.16. The molecule has 152 valence electrons. The molecule has 0 radical (unpaired) electrons. The van der Waals surface area contributed by atoms with Crippen LogP contribution < -0.4 is 14.8 Å². The van der Waals surface area contributed by atoms with Crippen molar-refractivity contribution in [3.63, 3.8) is 0 Å². The van der Waals surface area contributed by atoms with Crippen molar-refractivity contribution >= 4 is 27.5 Å². The Hall–Kier alpha value is -2.09. The number of benzene rings is 2. The molecule has 0 aliphatic carbocycles. The van der Waals surface area contributed by atoms with Crippen molar-refractivity contribution in [3.05, 3.63) is 58.6 Å². The molecule has 0 saturated carbocycles. The zero-order chi connectivity index (χ0) is 20.6. The van der Waals surface area contributed by atoms with Crippen molar-refractivity contribution in [2.45, 2.75) is 37.6 Å². The molecular weight excluding hydrogens is 400 g/mol. The Bertz CT molecular complexity index is 899. The van der Waals surface area contributed by atoms with E-state index in [1.54, 1.807) is 30.3 Å². The monoisotopic (exact) mass is 424 g/mol. The molecule has 0 aromatic heterocycles. The number of rotatable bonds is 10. The van der Waals surface area contributed by atoms with Gasteiger partial charge >= 0.3 is 0 Å². The summed E-state index contributed by atoms with van der Waals surface area (Å²) in [4.78, 5) is 12.2. The Morgan fingerprint density at radius 1 is 1.11 bits per heavy atom. The first-order valence-electron chi connectivity index (χ1n) is 9.07. The first kappa shape index (κ1) is 22.2. The van der Waals surface area contributed by atoms with Gasteiger partial charge in [-0.3, -0.25) is 4.79 Å². The molecule has 1 amide bonds. The second kappa shape index (κ2) is 10.5. The number of nitrogens with one attached hydrogen (secondary N) is 2. The molecule has 0 saturated heterocycles. The summed E-state index contributed by atoms with van der Waals surface area (Å²) in [5.74, 6) is -0.140. The van der Waals surface area contributed by atoms with Crippen LogP contribution in [0.1, 0.15) is 42.1 Å². The van der Waals surface area contributed by atoms with Crippen LogP contribution in [0.2, 0.25) is 5.02 Å². The summed E-state index contributed by atoms with van der Waals surface area (Å²) in [6.45, 7) is 2.73. The molecule has 0 aliphatic rings. The number of ether oxygens (including phenoxy) is 1. The topological polar surface area (TPSA) is 84.5 Å². The van der Waals surface area contributed by atoms with Crippen LogP contribution in [-0.2, 0) is 16.6 Å². The van der Waals surface area contributed by atoms with Crippen LogP contribution in [0.25, 0.3) is 0 Å². The SMILES string of the molecule is CCCCCNC(=O)c1ccc(OC)c(S(=O)(=O)NCc2ccc(Cl)cc2)c1. The van der Waals surface area contributed by atoms with E-state index in [2.05, 4.69) is 17.0 Å².